The van der Waals surface area contributed by atoms with Crippen LogP contribution in [-0.2, 0) is 0 Å². The molecule has 0 aliphatic heterocycles. The first kappa shape index (κ1) is 13.9. The van der Waals surface area contributed by atoms with Crippen molar-refractivity contribution in [2.75, 3.05) is 6.61 Å². The van der Waals surface area contributed by atoms with Crippen LogP contribution in [0.25, 0.3) is 0 Å². The van der Waals surface area contributed by atoms with E-state index in [1.165, 1.54) is 18.4 Å². The zero-order valence-corrected chi connectivity index (χ0v) is 11.7. The van der Waals surface area contributed by atoms with Gasteiger partial charge in [-0.15, -0.1) is 0 Å². The lowest BCUT2D eigenvalue weighted by Crippen LogP contribution is -2.31. The van der Waals surface area contributed by atoms with E-state index in [9.17, 15) is 0 Å². The Balaban J connectivity index is 1.73. The summed E-state index contributed by atoms with van der Waals surface area (Å²) in [6.45, 7) is 4.94. The normalized spacial score (nSPS) is 16.1. The SMILES string of the molecule is CC(C)c1ccc(OCCC(C#N)NC2CC2)cc1. The Hall–Kier alpha value is -1.53. The van der Waals surface area contributed by atoms with Crippen molar-refractivity contribution in [1.29, 1.82) is 5.26 Å². The van der Waals surface area contributed by atoms with E-state index in [4.69, 9.17) is 10.00 Å². The minimum absolute atomic E-state index is 0.0811. The number of nitrogens with one attached hydrogen (secondary N) is 1. The third-order valence-corrected chi connectivity index (χ3v) is 3.39. The Kier molecular flexibility index (Phi) is 4.81. The molecular weight excluding hydrogens is 236 g/mol. The first-order valence-electron chi connectivity index (χ1n) is 7.07. The predicted molar refractivity (Wildman–Crippen MR) is 76.2 cm³/mol. The maximum absolute atomic E-state index is 9.03. The lowest BCUT2D eigenvalue weighted by Gasteiger charge is -2.12. The fraction of sp³-hybridized carbons (Fsp3) is 0.562. The van der Waals surface area contributed by atoms with Crippen molar-refractivity contribution in [1.82, 2.24) is 5.32 Å². The highest BCUT2D eigenvalue weighted by Gasteiger charge is 2.24. The molecule has 0 bridgehead atoms. The average Bonchev–Trinajstić information content (AvgIpc) is 3.22. The van der Waals surface area contributed by atoms with Gasteiger partial charge in [-0.25, -0.2) is 0 Å². The van der Waals surface area contributed by atoms with Gasteiger partial charge in [0.1, 0.15) is 5.75 Å². The van der Waals surface area contributed by atoms with Gasteiger partial charge in [0.15, 0.2) is 0 Å². The second-order valence-corrected chi connectivity index (χ2v) is 5.48. The first-order chi connectivity index (χ1) is 9.19. The zero-order chi connectivity index (χ0) is 13.7. The minimum Gasteiger partial charge on any atom is -0.493 e. The largest absolute Gasteiger partial charge is 0.493 e. The van der Waals surface area contributed by atoms with Gasteiger partial charge in [-0.2, -0.15) is 5.26 Å². The van der Waals surface area contributed by atoms with Crippen molar-refractivity contribution in [3.63, 3.8) is 0 Å². The summed E-state index contributed by atoms with van der Waals surface area (Å²) in [4.78, 5) is 0. The highest BCUT2D eigenvalue weighted by atomic mass is 16.5. The van der Waals surface area contributed by atoms with Gasteiger partial charge in [0.05, 0.1) is 18.7 Å². The maximum atomic E-state index is 9.03. The molecule has 3 heteroatoms. The van der Waals surface area contributed by atoms with Crippen LogP contribution in [-0.4, -0.2) is 18.7 Å². The molecular formula is C16H22N2O. The van der Waals surface area contributed by atoms with Crippen molar-refractivity contribution >= 4 is 0 Å². The van der Waals surface area contributed by atoms with Crippen LogP contribution in [0.5, 0.6) is 5.75 Å². The number of benzene rings is 1. The molecule has 0 radical (unpaired) electrons. The topological polar surface area (TPSA) is 45.0 Å². The number of nitriles is 1. The van der Waals surface area contributed by atoms with E-state index >= 15 is 0 Å². The van der Waals surface area contributed by atoms with Crippen molar-refractivity contribution < 1.29 is 4.74 Å². The summed E-state index contributed by atoms with van der Waals surface area (Å²) in [5.74, 6) is 1.42. The summed E-state index contributed by atoms with van der Waals surface area (Å²) in [6.07, 6.45) is 3.14. The van der Waals surface area contributed by atoms with E-state index in [-0.39, 0.29) is 6.04 Å². The molecule has 0 spiro atoms. The Bertz CT molecular complexity index is 429. The molecule has 0 aromatic heterocycles. The quantitative estimate of drug-likeness (QED) is 0.816. The summed E-state index contributed by atoms with van der Waals surface area (Å²) in [7, 11) is 0. The molecule has 102 valence electrons. The molecule has 3 nitrogen and oxygen atoms in total. The molecule has 0 heterocycles. The van der Waals surface area contributed by atoms with Crippen LogP contribution in [0, 0.1) is 11.3 Å². The lowest BCUT2D eigenvalue weighted by atomic mass is 10.0. The molecule has 0 amide bonds. The molecule has 1 saturated carbocycles. The summed E-state index contributed by atoms with van der Waals surface area (Å²) in [6, 6.07) is 11.0. The Morgan fingerprint density at radius 3 is 2.53 bits per heavy atom. The van der Waals surface area contributed by atoms with E-state index in [0.717, 1.165) is 12.2 Å². The Morgan fingerprint density at radius 2 is 2.00 bits per heavy atom. The van der Waals surface area contributed by atoms with Gasteiger partial charge in [0.2, 0.25) is 0 Å². The molecule has 1 N–H and O–H groups in total. The van der Waals surface area contributed by atoms with Crippen LogP contribution >= 0.6 is 0 Å². The van der Waals surface area contributed by atoms with Gasteiger partial charge in [-0.3, -0.25) is 5.32 Å². The molecule has 0 saturated heterocycles. The highest BCUT2D eigenvalue weighted by Crippen LogP contribution is 2.20. The van der Waals surface area contributed by atoms with Gasteiger partial charge in [-0.1, -0.05) is 26.0 Å². The van der Waals surface area contributed by atoms with Crippen molar-refractivity contribution in [2.24, 2.45) is 0 Å². The van der Waals surface area contributed by atoms with E-state index in [0.29, 0.717) is 18.6 Å². The molecule has 1 aliphatic rings. The number of rotatable bonds is 7. The zero-order valence-electron chi connectivity index (χ0n) is 11.7. The molecule has 1 aromatic carbocycles. The van der Waals surface area contributed by atoms with Gasteiger partial charge in [-0.05, 0) is 36.5 Å². The van der Waals surface area contributed by atoms with E-state index < -0.39 is 0 Å². The fourth-order valence-electron chi connectivity index (χ4n) is 1.96. The summed E-state index contributed by atoms with van der Waals surface area (Å²) in [5.41, 5.74) is 1.32. The van der Waals surface area contributed by atoms with Crippen LogP contribution in [0.4, 0.5) is 0 Å². The number of nitrogens with zero attached hydrogens (tertiary/aromatic N) is 1. The maximum Gasteiger partial charge on any atom is 0.119 e. The summed E-state index contributed by atoms with van der Waals surface area (Å²) >= 11 is 0. The molecule has 1 unspecified atom stereocenters. The Morgan fingerprint density at radius 1 is 1.32 bits per heavy atom. The molecule has 1 aromatic rings. The average molecular weight is 258 g/mol. The van der Waals surface area contributed by atoms with Crippen molar-refractivity contribution in [3.8, 4) is 11.8 Å². The molecule has 1 atom stereocenters. The summed E-state index contributed by atoms with van der Waals surface area (Å²) in [5, 5.41) is 12.3. The predicted octanol–water partition coefficient (Wildman–Crippen LogP) is 3.22. The summed E-state index contributed by atoms with van der Waals surface area (Å²) < 4.78 is 5.68. The molecule has 1 fully saturated rings. The van der Waals surface area contributed by atoms with Crippen LogP contribution in [0.2, 0.25) is 0 Å². The molecule has 1 aliphatic carbocycles. The Labute approximate surface area is 115 Å². The van der Waals surface area contributed by atoms with Crippen LogP contribution in [0.1, 0.15) is 44.6 Å². The van der Waals surface area contributed by atoms with Gasteiger partial charge < -0.3 is 4.74 Å². The fourth-order valence-corrected chi connectivity index (χ4v) is 1.96. The lowest BCUT2D eigenvalue weighted by molar-refractivity contribution is 0.297. The van der Waals surface area contributed by atoms with Gasteiger partial charge in [0.25, 0.3) is 0 Å². The second kappa shape index (κ2) is 6.58. The number of hydrogen-bond acceptors (Lipinski definition) is 3. The van der Waals surface area contributed by atoms with Crippen LogP contribution in [0.3, 0.4) is 0 Å². The van der Waals surface area contributed by atoms with E-state index in [1.807, 2.05) is 12.1 Å². The third kappa shape index (κ3) is 4.57. The van der Waals surface area contributed by atoms with E-state index in [2.05, 4.69) is 37.4 Å². The monoisotopic (exact) mass is 258 g/mol. The molecule has 19 heavy (non-hydrogen) atoms. The van der Waals surface area contributed by atoms with E-state index in [1.54, 1.807) is 0 Å². The highest BCUT2D eigenvalue weighted by molar-refractivity contribution is 5.28. The van der Waals surface area contributed by atoms with Gasteiger partial charge in [0, 0.05) is 12.5 Å². The first-order valence-corrected chi connectivity index (χ1v) is 7.07. The number of hydrogen-bond donors (Lipinski definition) is 1. The van der Waals surface area contributed by atoms with Crippen LogP contribution in [0.15, 0.2) is 24.3 Å². The second-order valence-electron chi connectivity index (χ2n) is 5.48. The van der Waals surface area contributed by atoms with Crippen LogP contribution < -0.4 is 10.1 Å². The third-order valence-electron chi connectivity index (χ3n) is 3.39. The number of ether oxygens (including phenoxy) is 1. The van der Waals surface area contributed by atoms with Crippen molar-refractivity contribution in [3.05, 3.63) is 29.8 Å². The molecule has 2 rings (SSSR count). The van der Waals surface area contributed by atoms with Crippen molar-refractivity contribution in [2.45, 2.75) is 51.1 Å². The minimum atomic E-state index is -0.0811. The standard InChI is InChI=1S/C16H22N2O/c1-12(2)13-3-7-16(8-4-13)19-10-9-15(11-17)18-14-5-6-14/h3-4,7-8,12,14-15,18H,5-6,9-10H2,1-2H3. The van der Waals surface area contributed by atoms with Gasteiger partial charge >= 0.3 is 0 Å². The smallest absolute Gasteiger partial charge is 0.119 e.